The number of hydrogen-bond donors (Lipinski definition) is 2. The van der Waals surface area contributed by atoms with Crippen LogP contribution < -0.4 is 10.0 Å². The van der Waals surface area contributed by atoms with E-state index in [0.717, 1.165) is 25.5 Å². The maximum absolute atomic E-state index is 13.5. The van der Waals surface area contributed by atoms with Crippen molar-refractivity contribution in [2.75, 3.05) is 17.0 Å². The van der Waals surface area contributed by atoms with Crippen LogP contribution in [-0.4, -0.2) is 26.8 Å². The number of hydrogen-bond acceptors (Lipinski definition) is 3. The van der Waals surface area contributed by atoms with Crippen LogP contribution in [-0.2, 0) is 10.0 Å². The van der Waals surface area contributed by atoms with Gasteiger partial charge >= 0.3 is 0 Å². The Hall–Kier alpha value is -0.850. The first-order valence-electron chi connectivity index (χ1n) is 5.66. The first-order valence-corrected chi connectivity index (χ1v) is 7.69. The monoisotopic (exact) mass is 292 g/mol. The molecule has 0 radical (unpaired) electrons. The van der Waals surface area contributed by atoms with Gasteiger partial charge in [0.15, 0.2) is 0 Å². The normalized spacial score (nSPS) is 20.0. The second-order valence-corrected chi connectivity index (χ2v) is 6.45. The number of halogens is 2. The largest absolute Gasteiger partial charge is 0.313 e. The third kappa shape index (κ3) is 3.34. The molecule has 1 heterocycles. The van der Waals surface area contributed by atoms with Crippen LogP contribution in [0.5, 0.6) is 0 Å². The van der Waals surface area contributed by atoms with Crippen molar-refractivity contribution in [1.82, 2.24) is 5.32 Å². The van der Waals surface area contributed by atoms with Crippen LogP contribution in [0.2, 0.25) is 5.02 Å². The standard InChI is InChI=1S/C11H14ClFN2O2S/c12-9-4-1-5-10(13)11(9)15-18(16,17)7-8-3-2-6-14-8/h1,4-5,8,14-15H,2-3,6-7H2. The Bertz CT molecular complexity index is 510. The summed E-state index contributed by atoms with van der Waals surface area (Å²) in [5.74, 6) is -0.747. The highest BCUT2D eigenvalue weighted by Crippen LogP contribution is 2.26. The summed E-state index contributed by atoms with van der Waals surface area (Å²) in [6.07, 6.45) is 1.77. The van der Waals surface area contributed by atoms with Crippen molar-refractivity contribution >= 4 is 27.3 Å². The van der Waals surface area contributed by atoms with Gasteiger partial charge in [-0.2, -0.15) is 0 Å². The second-order valence-electron chi connectivity index (χ2n) is 4.27. The molecule has 1 unspecified atom stereocenters. The van der Waals surface area contributed by atoms with Gasteiger partial charge in [0, 0.05) is 6.04 Å². The second kappa shape index (κ2) is 5.42. The van der Waals surface area contributed by atoms with E-state index in [9.17, 15) is 12.8 Å². The van der Waals surface area contributed by atoms with Gasteiger partial charge in [0.05, 0.1) is 10.8 Å². The minimum absolute atomic E-state index is 0.0537. The lowest BCUT2D eigenvalue weighted by molar-refractivity contribution is 0.580. The Morgan fingerprint density at radius 3 is 2.89 bits per heavy atom. The fraction of sp³-hybridized carbons (Fsp3) is 0.455. The van der Waals surface area contributed by atoms with Crippen LogP contribution >= 0.6 is 11.6 Å². The first kappa shape index (κ1) is 13.6. The minimum atomic E-state index is -3.60. The highest BCUT2D eigenvalue weighted by atomic mass is 35.5. The van der Waals surface area contributed by atoms with Gasteiger partial charge in [0.25, 0.3) is 0 Å². The number of benzene rings is 1. The summed E-state index contributed by atoms with van der Waals surface area (Å²) in [6, 6.07) is 3.95. The van der Waals surface area contributed by atoms with Crippen LogP contribution in [0.15, 0.2) is 18.2 Å². The lowest BCUT2D eigenvalue weighted by atomic mass is 10.3. The van der Waals surface area contributed by atoms with E-state index >= 15 is 0 Å². The Morgan fingerprint density at radius 2 is 2.28 bits per heavy atom. The summed E-state index contributed by atoms with van der Waals surface area (Å²) in [4.78, 5) is 0. The molecule has 7 heteroatoms. The molecule has 0 aromatic heterocycles. The highest BCUT2D eigenvalue weighted by Gasteiger charge is 2.23. The zero-order valence-electron chi connectivity index (χ0n) is 9.62. The first-order chi connectivity index (χ1) is 8.48. The number of nitrogens with one attached hydrogen (secondary N) is 2. The molecular formula is C11H14ClFN2O2S. The zero-order valence-corrected chi connectivity index (χ0v) is 11.2. The smallest absolute Gasteiger partial charge is 0.234 e. The van der Waals surface area contributed by atoms with E-state index in [1.807, 2.05) is 0 Å². The molecule has 2 rings (SSSR count). The van der Waals surface area contributed by atoms with Gasteiger partial charge in [-0.25, -0.2) is 12.8 Å². The van der Waals surface area contributed by atoms with Gasteiger partial charge < -0.3 is 5.32 Å². The van der Waals surface area contributed by atoms with Crippen molar-refractivity contribution in [3.63, 3.8) is 0 Å². The van der Waals surface area contributed by atoms with Crippen LogP contribution in [0.3, 0.4) is 0 Å². The van der Waals surface area contributed by atoms with E-state index in [2.05, 4.69) is 10.0 Å². The third-order valence-corrected chi connectivity index (χ3v) is 4.47. The van der Waals surface area contributed by atoms with Crippen molar-refractivity contribution in [2.45, 2.75) is 18.9 Å². The topological polar surface area (TPSA) is 58.2 Å². The number of para-hydroxylation sites is 1. The van der Waals surface area contributed by atoms with Crippen LogP contribution in [0.1, 0.15) is 12.8 Å². The molecule has 0 amide bonds. The maximum Gasteiger partial charge on any atom is 0.234 e. The van der Waals surface area contributed by atoms with Crippen LogP contribution in [0.25, 0.3) is 0 Å². The van der Waals surface area contributed by atoms with Gasteiger partial charge in [-0.05, 0) is 31.5 Å². The van der Waals surface area contributed by atoms with Gasteiger partial charge in [-0.15, -0.1) is 0 Å². The van der Waals surface area contributed by atoms with Gasteiger partial charge in [0.1, 0.15) is 11.5 Å². The average molecular weight is 293 g/mol. The van der Waals surface area contributed by atoms with Crippen LogP contribution in [0.4, 0.5) is 10.1 Å². The fourth-order valence-electron chi connectivity index (χ4n) is 1.96. The third-order valence-electron chi connectivity index (χ3n) is 2.80. The molecule has 0 saturated carbocycles. The van der Waals surface area contributed by atoms with Crippen molar-refractivity contribution < 1.29 is 12.8 Å². The molecule has 100 valence electrons. The van der Waals surface area contributed by atoms with E-state index < -0.39 is 15.8 Å². The molecular weight excluding hydrogens is 279 g/mol. The Kier molecular flexibility index (Phi) is 4.09. The highest BCUT2D eigenvalue weighted by molar-refractivity contribution is 7.92. The van der Waals surface area contributed by atoms with E-state index in [0.29, 0.717) is 0 Å². The SMILES string of the molecule is O=S(=O)(CC1CCCN1)Nc1c(F)cccc1Cl. The molecule has 18 heavy (non-hydrogen) atoms. The Labute approximate surface area is 111 Å². The molecule has 1 fully saturated rings. The van der Waals surface area contributed by atoms with E-state index in [4.69, 9.17) is 11.6 Å². The molecule has 1 aromatic carbocycles. The van der Waals surface area contributed by atoms with E-state index in [1.165, 1.54) is 12.1 Å². The summed E-state index contributed by atoms with van der Waals surface area (Å²) in [5.41, 5.74) is -0.183. The summed E-state index contributed by atoms with van der Waals surface area (Å²) >= 11 is 5.77. The minimum Gasteiger partial charge on any atom is -0.313 e. The molecule has 1 aromatic rings. The molecule has 1 saturated heterocycles. The Morgan fingerprint density at radius 1 is 1.50 bits per heavy atom. The number of sulfonamides is 1. The molecule has 0 aliphatic carbocycles. The van der Waals surface area contributed by atoms with E-state index in [-0.39, 0.29) is 22.5 Å². The molecule has 0 bridgehead atoms. The van der Waals surface area contributed by atoms with Crippen molar-refractivity contribution in [2.24, 2.45) is 0 Å². The lowest BCUT2D eigenvalue weighted by Crippen LogP contribution is -2.33. The molecule has 1 aliphatic rings. The van der Waals surface area contributed by atoms with Crippen LogP contribution in [0, 0.1) is 5.82 Å². The van der Waals surface area contributed by atoms with Crippen molar-refractivity contribution in [3.05, 3.63) is 29.0 Å². The van der Waals surface area contributed by atoms with Crippen molar-refractivity contribution in [3.8, 4) is 0 Å². The zero-order chi connectivity index (χ0) is 13.2. The summed E-state index contributed by atoms with van der Waals surface area (Å²) < 4.78 is 39.4. The fourth-order valence-corrected chi connectivity index (χ4v) is 3.64. The quantitative estimate of drug-likeness (QED) is 0.892. The lowest BCUT2D eigenvalue weighted by Gasteiger charge is -2.13. The maximum atomic E-state index is 13.5. The molecule has 1 atom stereocenters. The molecule has 0 spiro atoms. The van der Waals surface area contributed by atoms with Gasteiger partial charge in [-0.3, -0.25) is 4.72 Å². The predicted molar refractivity (Wildman–Crippen MR) is 69.8 cm³/mol. The molecule has 2 N–H and O–H groups in total. The molecule has 4 nitrogen and oxygen atoms in total. The van der Waals surface area contributed by atoms with Gasteiger partial charge in [-0.1, -0.05) is 17.7 Å². The Balaban J connectivity index is 2.12. The average Bonchev–Trinajstić information content (AvgIpc) is 2.75. The molecule has 1 aliphatic heterocycles. The van der Waals surface area contributed by atoms with Crippen molar-refractivity contribution in [1.29, 1.82) is 0 Å². The van der Waals surface area contributed by atoms with E-state index in [1.54, 1.807) is 0 Å². The summed E-state index contributed by atoms with van der Waals surface area (Å²) in [6.45, 7) is 0.820. The summed E-state index contributed by atoms with van der Waals surface area (Å²) in [5, 5.41) is 3.14. The number of anilines is 1. The van der Waals surface area contributed by atoms with Gasteiger partial charge in [0.2, 0.25) is 10.0 Å². The predicted octanol–water partition coefficient (Wildman–Crippen LogP) is 1.97. The summed E-state index contributed by atoms with van der Waals surface area (Å²) in [7, 11) is -3.60. The number of rotatable bonds is 4.